The molecule has 1 N–H and O–H groups in total. The Hall–Kier alpha value is -1.37. The highest BCUT2D eigenvalue weighted by atomic mass is 19.1. The third kappa shape index (κ3) is 4.56. The SMILES string of the molecule is CC(C)C1CCN(Cc2ccc(F)cc2C#CCO)CC1. The highest BCUT2D eigenvalue weighted by molar-refractivity contribution is 5.41. The summed E-state index contributed by atoms with van der Waals surface area (Å²) in [5.41, 5.74) is 1.73. The van der Waals surface area contributed by atoms with Crippen LogP contribution in [0.1, 0.15) is 37.8 Å². The van der Waals surface area contributed by atoms with Crippen molar-refractivity contribution in [3.63, 3.8) is 0 Å². The molecule has 1 heterocycles. The van der Waals surface area contributed by atoms with E-state index in [1.54, 1.807) is 0 Å². The Balaban J connectivity index is 2.03. The quantitative estimate of drug-likeness (QED) is 0.865. The minimum absolute atomic E-state index is 0.199. The van der Waals surface area contributed by atoms with Crippen molar-refractivity contribution in [2.45, 2.75) is 33.2 Å². The van der Waals surface area contributed by atoms with Gasteiger partial charge in [-0.05, 0) is 55.5 Å². The number of rotatable bonds is 3. The standard InChI is InChI=1S/C18H24FNO/c1-14(2)15-7-9-20(10-8-15)13-17-5-6-18(19)12-16(17)4-3-11-21/h5-6,12,14-15,21H,7-11,13H2,1-2H3. The van der Waals surface area contributed by atoms with Gasteiger partial charge in [-0.15, -0.1) is 0 Å². The minimum Gasteiger partial charge on any atom is -0.384 e. The molecule has 1 aliphatic heterocycles. The Labute approximate surface area is 127 Å². The summed E-state index contributed by atoms with van der Waals surface area (Å²) in [6.07, 6.45) is 2.47. The first-order valence-corrected chi connectivity index (χ1v) is 7.70. The van der Waals surface area contributed by atoms with Crippen molar-refractivity contribution in [3.05, 3.63) is 35.1 Å². The average Bonchev–Trinajstić information content (AvgIpc) is 2.48. The number of benzene rings is 1. The number of aliphatic hydroxyl groups is 1. The van der Waals surface area contributed by atoms with Crippen LogP contribution in [0.5, 0.6) is 0 Å². The van der Waals surface area contributed by atoms with Crippen molar-refractivity contribution in [3.8, 4) is 11.8 Å². The van der Waals surface area contributed by atoms with Gasteiger partial charge in [-0.2, -0.15) is 0 Å². The predicted molar refractivity (Wildman–Crippen MR) is 83.2 cm³/mol. The lowest BCUT2D eigenvalue weighted by atomic mass is 9.86. The zero-order chi connectivity index (χ0) is 15.2. The molecule has 0 amide bonds. The third-order valence-electron chi connectivity index (χ3n) is 4.34. The first-order valence-electron chi connectivity index (χ1n) is 7.70. The number of hydrogen-bond acceptors (Lipinski definition) is 2. The molecule has 0 saturated carbocycles. The summed E-state index contributed by atoms with van der Waals surface area (Å²) in [7, 11) is 0. The molecule has 1 saturated heterocycles. The van der Waals surface area contributed by atoms with Gasteiger partial charge in [-0.1, -0.05) is 31.8 Å². The normalized spacial score (nSPS) is 16.8. The van der Waals surface area contributed by atoms with Gasteiger partial charge in [0.2, 0.25) is 0 Å². The number of nitrogens with zero attached hydrogens (tertiary/aromatic N) is 1. The second-order valence-corrected chi connectivity index (χ2v) is 6.12. The summed E-state index contributed by atoms with van der Waals surface area (Å²) in [5.74, 6) is 6.76. The molecule has 0 bridgehead atoms. The second kappa shape index (κ2) is 7.59. The largest absolute Gasteiger partial charge is 0.384 e. The van der Waals surface area contributed by atoms with Gasteiger partial charge in [0.05, 0.1) is 0 Å². The van der Waals surface area contributed by atoms with E-state index in [1.807, 2.05) is 6.07 Å². The number of aliphatic hydroxyl groups excluding tert-OH is 1. The Bertz CT molecular complexity index is 522. The van der Waals surface area contributed by atoms with Gasteiger partial charge in [0.25, 0.3) is 0 Å². The molecule has 2 nitrogen and oxygen atoms in total. The van der Waals surface area contributed by atoms with Crippen LogP contribution in [0.15, 0.2) is 18.2 Å². The molecule has 0 aliphatic carbocycles. The van der Waals surface area contributed by atoms with E-state index in [2.05, 4.69) is 30.6 Å². The Morgan fingerprint density at radius 2 is 2.05 bits per heavy atom. The molecule has 3 heteroatoms. The molecule has 0 aromatic heterocycles. The fourth-order valence-corrected chi connectivity index (χ4v) is 2.96. The smallest absolute Gasteiger partial charge is 0.124 e. The number of hydrogen-bond donors (Lipinski definition) is 1. The van der Waals surface area contributed by atoms with Gasteiger partial charge in [0.15, 0.2) is 0 Å². The lowest BCUT2D eigenvalue weighted by molar-refractivity contribution is 0.152. The van der Waals surface area contributed by atoms with Crippen LogP contribution in [0.3, 0.4) is 0 Å². The second-order valence-electron chi connectivity index (χ2n) is 6.12. The van der Waals surface area contributed by atoms with Crippen molar-refractivity contribution < 1.29 is 9.50 Å². The Kier molecular flexibility index (Phi) is 5.78. The molecule has 1 fully saturated rings. The number of likely N-dealkylation sites (tertiary alicyclic amines) is 1. The van der Waals surface area contributed by atoms with Crippen LogP contribution in [0.2, 0.25) is 0 Å². The topological polar surface area (TPSA) is 23.5 Å². The summed E-state index contributed by atoms with van der Waals surface area (Å²) in [6.45, 7) is 7.38. The summed E-state index contributed by atoms with van der Waals surface area (Å²) in [6, 6.07) is 4.75. The van der Waals surface area contributed by atoms with E-state index >= 15 is 0 Å². The van der Waals surface area contributed by atoms with Crippen LogP contribution in [0, 0.1) is 29.5 Å². The maximum absolute atomic E-state index is 13.3. The van der Waals surface area contributed by atoms with Crippen LogP contribution in [0.25, 0.3) is 0 Å². The van der Waals surface area contributed by atoms with Crippen LogP contribution < -0.4 is 0 Å². The highest BCUT2D eigenvalue weighted by Crippen LogP contribution is 2.25. The fraction of sp³-hybridized carbons (Fsp3) is 0.556. The van der Waals surface area contributed by atoms with E-state index in [1.165, 1.54) is 25.0 Å². The van der Waals surface area contributed by atoms with Crippen LogP contribution in [0.4, 0.5) is 4.39 Å². The molecule has 0 spiro atoms. The maximum Gasteiger partial charge on any atom is 0.124 e. The van der Waals surface area contributed by atoms with E-state index < -0.39 is 0 Å². The summed E-state index contributed by atoms with van der Waals surface area (Å²) in [4.78, 5) is 2.41. The van der Waals surface area contributed by atoms with E-state index in [0.29, 0.717) is 5.56 Å². The molecule has 1 aromatic carbocycles. The van der Waals surface area contributed by atoms with Crippen molar-refractivity contribution in [1.82, 2.24) is 4.90 Å². The molecule has 0 unspecified atom stereocenters. The highest BCUT2D eigenvalue weighted by Gasteiger charge is 2.21. The minimum atomic E-state index is -0.278. The molecule has 0 atom stereocenters. The van der Waals surface area contributed by atoms with Gasteiger partial charge in [-0.25, -0.2) is 4.39 Å². The van der Waals surface area contributed by atoms with Crippen LogP contribution >= 0.6 is 0 Å². The van der Waals surface area contributed by atoms with Gasteiger partial charge < -0.3 is 5.11 Å². The van der Waals surface area contributed by atoms with Crippen molar-refractivity contribution in [1.29, 1.82) is 0 Å². The Morgan fingerprint density at radius 3 is 2.67 bits per heavy atom. The molecule has 114 valence electrons. The van der Waals surface area contributed by atoms with E-state index in [9.17, 15) is 4.39 Å². The van der Waals surface area contributed by atoms with Gasteiger partial charge >= 0.3 is 0 Å². The molecule has 0 radical (unpaired) electrons. The zero-order valence-electron chi connectivity index (χ0n) is 12.9. The summed E-state index contributed by atoms with van der Waals surface area (Å²) < 4.78 is 13.3. The van der Waals surface area contributed by atoms with E-state index in [-0.39, 0.29) is 12.4 Å². The van der Waals surface area contributed by atoms with Crippen molar-refractivity contribution in [2.24, 2.45) is 11.8 Å². The number of piperidine rings is 1. The van der Waals surface area contributed by atoms with Crippen LogP contribution in [-0.4, -0.2) is 29.7 Å². The molecular weight excluding hydrogens is 265 g/mol. The number of halogens is 1. The summed E-state index contributed by atoms with van der Waals surface area (Å²) >= 11 is 0. The molecule has 21 heavy (non-hydrogen) atoms. The first kappa shape index (κ1) is 16.0. The average molecular weight is 289 g/mol. The fourth-order valence-electron chi connectivity index (χ4n) is 2.96. The van der Waals surface area contributed by atoms with Gasteiger partial charge in [-0.3, -0.25) is 4.90 Å². The van der Waals surface area contributed by atoms with Crippen LogP contribution in [-0.2, 0) is 6.54 Å². The monoisotopic (exact) mass is 289 g/mol. The maximum atomic E-state index is 13.3. The van der Waals surface area contributed by atoms with Gasteiger partial charge in [0, 0.05) is 12.1 Å². The lowest BCUT2D eigenvalue weighted by Crippen LogP contribution is -2.34. The van der Waals surface area contributed by atoms with Gasteiger partial charge in [0.1, 0.15) is 12.4 Å². The third-order valence-corrected chi connectivity index (χ3v) is 4.34. The zero-order valence-corrected chi connectivity index (χ0v) is 12.9. The van der Waals surface area contributed by atoms with Crippen molar-refractivity contribution >= 4 is 0 Å². The molecule has 1 aromatic rings. The van der Waals surface area contributed by atoms with Crippen molar-refractivity contribution in [2.75, 3.05) is 19.7 Å². The van der Waals surface area contributed by atoms with E-state index in [4.69, 9.17) is 5.11 Å². The summed E-state index contributed by atoms with van der Waals surface area (Å²) in [5, 5.41) is 8.81. The first-order chi connectivity index (χ1) is 10.1. The van der Waals surface area contributed by atoms with E-state index in [0.717, 1.165) is 37.0 Å². The molecule has 2 rings (SSSR count). The predicted octanol–water partition coefficient (Wildman–Crippen LogP) is 3.04. The Morgan fingerprint density at radius 1 is 1.33 bits per heavy atom. The lowest BCUT2D eigenvalue weighted by Gasteiger charge is -2.34. The molecular formula is C18H24FNO. The molecule has 1 aliphatic rings.